The maximum Gasteiger partial charge on any atom is 0.239 e. The molecular formula is C28H40N8O3. The van der Waals surface area contributed by atoms with Gasteiger partial charge < -0.3 is 23.7 Å². The summed E-state index contributed by atoms with van der Waals surface area (Å²) in [7, 11) is 2.06. The van der Waals surface area contributed by atoms with E-state index in [1.165, 1.54) is 0 Å². The second kappa shape index (κ2) is 11.0. The molecule has 39 heavy (non-hydrogen) atoms. The van der Waals surface area contributed by atoms with Crippen LogP contribution in [0.1, 0.15) is 56.1 Å². The third-order valence-corrected chi connectivity index (χ3v) is 8.11. The second-order valence-corrected chi connectivity index (χ2v) is 10.6. The highest BCUT2D eigenvalue weighted by molar-refractivity contribution is 5.85. The summed E-state index contributed by atoms with van der Waals surface area (Å²) in [5.74, 6) is 2.96. The highest BCUT2D eigenvalue weighted by Crippen LogP contribution is 2.32. The number of allylic oxidation sites excluding steroid dienone is 1. The summed E-state index contributed by atoms with van der Waals surface area (Å²) in [4.78, 5) is 24.9. The standard InChI is InChI=1S/C28H40N8O3/c1-5-8-22-21(6-2)29-20(3)36(22)27-31-25-24(26(32-27)35-13-17-37-18-14-35)30-23(33(25)4)19-34-11-9-28(10-12-34)38-15-7-16-39-28/h5,8H,6-7,9-19H2,1-4H3. The molecule has 0 radical (unpaired) electrons. The average molecular weight is 537 g/mol. The molecule has 3 aliphatic heterocycles. The number of hydrogen-bond acceptors (Lipinski definition) is 9. The Morgan fingerprint density at radius 1 is 0.949 bits per heavy atom. The van der Waals surface area contributed by atoms with Crippen molar-refractivity contribution in [3.05, 3.63) is 29.1 Å². The number of ether oxygens (including phenoxy) is 3. The van der Waals surface area contributed by atoms with E-state index in [9.17, 15) is 0 Å². The van der Waals surface area contributed by atoms with Crippen LogP contribution in [0.5, 0.6) is 0 Å². The SMILES string of the molecule is CC=Cc1c(CC)nc(C)n1-c1nc(N2CCOCC2)c2nc(CN3CCC4(CC3)OCCCO4)n(C)c2n1. The number of fused-ring (bicyclic) bond motifs is 1. The molecule has 3 aromatic rings. The van der Waals surface area contributed by atoms with Crippen LogP contribution in [0.2, 0.25) is 0 Å². The molecule has 210 valence electrons. The van der Waals surface area contributed by atoms with E-state index in [1.54, 1.807) is 0 Å². The van der Waals surface area contributed by atoms with Gasteiger partial charge in [-0.15, -0.1) is 0 Å². The molecule has 6 heterocycles. The summed E-state index contributed by atoms with van der Waals surface area (Å²) in [6.45, 7) is 13.2. The number of imidazole rings is 2. The van der Waals surface area contributed by atoms with E-state index in [1.807, 2.05) is 19.9 Å². The summed E-state index contributed by atoms with van der Waals surface area (Å²) in [6, 6.07) is 0. The number of hydrogen-bond donors (Lipinski definition) is 0. The smallest absolute Gasteiger partial charge is 0.239 e. The summed E-state index contributed by atoms with van der Waals surface area (Å²) < 4.78 is 21.9. The molecule has 3 fully saturated rings. The Morgan fingerprint density at radius 3 is 2.38 bits per heavy atom. The summed E-state index contributed by atoms with van der Waals surface area (Å²) in [5, 5.41) is 0. The van der Waals surface area contributed by atoms with E-state index in [2.05, 4.69) is 39.0 Å². The van der Waals surface area contributed by atoms with Crippen LogP contribution >= 0.6 is 0 Å². The minimum Gasteiger partial charge on any atom is -0.378 e. The van der Waals surface area contributed by atoms with Crippen LogP contribution < -0.4 is 4.90 Å². The molecule has 11 nitrogen and oxygen atoms in total. The van der Waals surface area contributed by atoms with Gasteiger partial charge in [-0.1, -0.05) is 13.0 Å². The lowest BCUT2D eigenvalue weighted by atomic mass is 10.0. The fraction of sp³-hybridized carbons (Fsp3) is 0.643. The molecular weight excluding hydrogens is 496 g/mol. The van der Waals surface area contributed by atoms with Gasteiger partial charge >= 0.3 is 0 Å². The molecule has 0 aromatic carbocycles. The van der Waals surface area contributed by atoms with Crippen LogP contribution in [0.15, 0.2) is 6.08 Å². The maximum absolute atomic E-state index is 6.05. The molecule has 0 atom stereocenters. The van der Waals surface area contributed by atoms with Gasteiger partial charge in [0.2, 0.25) is 5.95 Å². The Morgan fingerprint density at radius 2 is 1.69 bits per heavy atom. The molecule has 0 bridgehead atoms. The first-order chi connectivity index (χ1) is 19.0. The number of rotatable bonds is 6. The lowest BCUT2D eigenvalue weighted by Gasteiger charge is -2.43. The first-order valence-electron chi connectivity index (χ1n) is 14.3. The van der Waals surface area contributed by atoms with E-state index < -0.39 is 5.79 Å². The zero-order valence-corrected chi connectivity index (χ0v) is 23.6. The van der Waals surface area contributed by atoms with Crippen molar-refractivity contribution < 1.29 is 14.2 Å². The first-order valence-corrected chi connectivity index (χ1v) is 14.3. The molecule has 3 aromatic heterocycles. The Hall–Kier alpha value is -2.86. The number of nitrogens with zero attached hydrogens (tertiary/aromatic N) is 8. The normalized spacial score (nSPS) is 20.6. The van der Waals surface area contributed by atoms with E-state index >= 15 is 0 Å². The van der Waals surface area contributed by atoms with Gasteiger partial charge in [-0.25, -0.2) is 9.97 Å². The molecule has 11 heteroatoms. The number of piperidine rings is 1. The Bertz CT molecular complexity index is 1340. The van der Waals surface area contributed by atoms with Gasteiger partial charge in [0, 0.05) is 46.1 Å². The molecule has 0 saturated carbocycles. The quantitative estimate of drug-likeness (QED) is 0.471. The number of aromatic nitrogens is 6. The van der Waals surface area contributed by atoms with Crippen LogP contribution in [-0.2, 0) is 34.2 Å². The molecule has 3 saturated heterocycles. The maximum atomic E-state index is 6.05. The largest absolute Gasteiger partial charge is 0.378 e. The zero-order chi connectivity index (χ0) is 27.0. The number of morpholine rings is 1. The number of anilines is 1. The molecule has 0 N–H and O–H groups in total. The van der Waals surface area contributed by atoms with Crippen LogP contribution in [0, 0.1) is 6.92 Å². The molecule has 1 spiro atoms. The summed E-state index contributed by atoms with van der Waals surface area (Å²) in [5.41, 5.74) is 3.75. The van der Waals surface area contributed by atoms with Crippen molar-refractivity contribution in [1.82, 2.24) is 34.0 Å². The van der Waals surface area contributed by atoms with Crippen molar-refractivity contribution in [2.45, 2.75) is 58.8 Å². The van der Waals surface area contributed by atoms with Gasteiger partial charge in [-0.3, -0.25) is 9.47 Å². The van der Waals surface area contributed by atoms with Crippen LogP contribution in [0.3, 0.4) is 0 Å². The summed E-state index contributed by atoms with van der Waals surface area (Å²) >= 11 is 0. The zero-order valence-electron chi connectivity index (χ0n) is 23.6. The Balaban J connectivity index is 1.38. The van der Waals surface area contributed by atoms with Crippen molar-refractivity contribution in [2.24, 2.45) is 7.05 Å². The van der Waals surface area contributed by atoms with Gasteiger partial charge in [0.15, 0.2) is 22.8 Å². The number of likely N-dealkylation sites (tertiary alicyclic amines) is 1. The Labute approximate surface area is 229 Å². The minimum absolute atomic E-state index is 0.393. The predicted octanol–water partition coefficient (Wildman–Crippen LogP) is 3.02. The molecule has 0 unspecified atom stereocenters. The fourth-order valence-electron chi connectivity index (χ4n) is 5.92. The molecule has 3 aliphatic rings. The van der Waals surface area contributed by atoms with Gasteiger partial charge in [-0.2, -0.15) is 9.97 Å². The van der Waals surface area contributed by atoms with Crippen LogP contribution in [-0.4, -0.2) is 92.4 Å². The molecule has 6 rings (SSSR count). The lowest BCUT2D eigenvalue weighted by molar-refractivity contribution is -0.284. The average Bonchev–Trinajstić information content (AvgIpc) is 3.46. The van der Waals surface area contributed by atoms with Crippen molar-refractivity contribution in [2.75, 3.05) is 57.5 Å². The Kier molecular flexibility index (Phi) is 7.41. The fourth-order valence-corrected chi connectivity index (χ4v) is 5.92. The van der Waals surface area contributed by atoms with Crippen molar-refractivity contribution in [3.63, 3.8) is 0 Å². The number of aryl methyl sites for hydroxylation is 3. The van der Waals surface area contributed by atoms with Gasteiger partial charge in [0.05, 0.1) is 44.4 Å². The third-order valence-electron chi connectivity index (χ3n) is 8.11. The highest BCUT2D eigenvalue weighted by Gasteiger charge is 2.38. The first kappa shape index (κ1) is 26.4. The van der Waals surface area contributed by atoms with Crippen LogP contribution in [0.25, 0.3) is 23.2 Å². The van der Waals surface area contributed by atoms with E-state index in [0.29, 0.717) is 19.2 Å². The van der Waals surface area contributed by atoms with Crippen molar-refractivity contribution in [3.8, 4) is 5.95 Å². The van der Waals surface area contributed by atoms with E-state index in [4.69, 9.17) is 34.1 Å². The topological polar surface area (TPSA) is 95.6 Å². The second-order valence-electron chi connectivity index (χ2n) is 10.6. The van der Waals surface area contributed by atoms with Gasteiger partial charge in [-0.05, 0) is 32.8 Å². The molecule has 0 amide bonds. The van der Waals surface area contributed by atoms with Crippen LogP contribution in [0.4, 0.5) is 5.82 Å². The van der Waals surface area contributed by atoms with E-state index in [0.717, 1.165) is 112 Å². The van der Waals surface area contributed by atoms with Gasteiger partial charge in [0.25, 0.3) is 0 Å². The van der Waals surface area contributed by atoms with Gasteiger partial charge in [0.1, 0.15) is 11.6 Å². The minimum atomic E-state index is -0.393. The van der Waals surface area contributed by atoms with Crippen molar-refractivity contribution in [1.29, 1.82) is 0 Å². The molecule has 0 aliphatic carbocycles. The third kappa shape index (κ3) is 4.97. The highest BCUT2D eigenvalue weighted by atomic mass is 16.7. The monoisotopic (exact) mass is 536 g/mol. The van der Waals surface area contributed by atoms with Crippen molar-refractivity contribution >= 4 is 23.1 Å². The predicted molar refractivity (Wildman–Crippen MR) is 149 cm³/mol. The van der Waals surface area contributed by atoms with E-state index in [-0.39, 0.29) is 0 Å². The summed E-state index contributed by atoms with van der Waals surface area (Å²) in [6.07, 6.45) is 7.73. The lowest BCUT2D eigenvalue weighted by Crippen LogP contribution is -2.49.